The molecule has 9 heteroatoms. The molecule has 0 spiro atoms. The Balaban J connectivity index is 1.46. The first-order chi connectivity index (χ1) is 14.8. The van der Waals surface area contributed by atoms with Gasteiger partial charge in [-0.15, -0.1) is 10.2 Å². The summed E-state index contributed by atoms with van der Waals surface area (Å²) in [6.45, 7) is 5.67. The summed E-state index contributed by atoms with van der Waals surface area (Å²) in [7, 11) is -3.68. The van der Waals surface area contributed by atoms with Gasteiger partial charge in [0.2, 0.25) is 0 Å². The number of benzene rings is 2. The standard InChI is InChI=1S/C22H22N6O2S/c1-15-13-17(3)20(14-16(15)2)31(29,30)27-19-7-5-18(6-8-19)24-21-9-10-22(26-25-21)28-12-4-11-23-28/h4-14,27H,1-3H3,(H,24,25). The lowest BCUT2D eigenvalue weighted by Crippen LogP contribution is -2.14. The van der Waals surface area contributed by atoms with Crippen molar-refractivity contribution in [3.05, 3.63) is 83.7 Å². The van der Waals surface area contributed by atoms with E-state index in [-0.39, 0.29) is 4.90 Å². The Morgan fingerprint density at radius 2 is 1.55 bits per heavy atom. The quantitative estimate of drug-likeness (QED) is 0.473. The molecule has 0 aliphatic rings. The number of rotatable bonds is 6. The first-order valence-electron chi connectivity index (χ1n) is 9.63. The second-order valence-corrected chi connectivity index (χ2v) is 8.89. The van der Waals surface area contributed by atoms with Gasteiger partial charge in [-0.2, -0.15) is 5.10 Å². The van der Waals surface area contributed by atoms with Gasteiger partial charge in [0.15, 0.2) is 11.6 Å². The van der Waals surface area contributed by atoms with Gasteiger partial charge in [-0.3, -0.25) is 4.72 Å². The Morgan fingerprint density at radius 1 is 0.839 bits per heavy atom. The minimum absolute atomic E-state index is 0.283. The monoisotopic (exact) mass is 434 g/mol. The van der Waals surface area contributed by atoms with E-state index in [1.54, 1.807) is 66.5 Å². The van der Waals surface area contributed by atoms with Crippen LogP contribution in [0.3, 0.4) is 0 Å². The zero-order chi connectivity index (χ0) is 22.0. The maximum atomic E-state index is 12.8. The molecule has 0 atom stereocenters. The number of nitrogens with one attached hydrogen (secondary N) is 2. The van der Waals surface area contributed by atoms with Crippen molar-refractivity contribution in [2.75, 3.05) is 10.0 Å². The summed E-state index contributed by atoms with van der Waals surface area (Å²) in [5, 5.41) is 15.5. The fourth-order valence-electron chi connectivity index (χ4n) is 3.12. The zero-order valence-electron chi connectivity index (χ0n) is 17.4. The van der Waals surface area contributed by atoms with Crippen LogP contribution in [0, 0.1) is 20.8 Å². The molecule has 0 bridgehead atoms. The van der Waals surface area contributed by atoms with Crippen molar-refractivity contribution in [3.8, 4) is 5.82 Å². The van der Waals surface area contributed by atoms with E-state index < -0.39 is 10.0 Å². The number of sulfonamides is 1. The summed E-state index contributed by atoms with van der Waals surface area (Å²) in [6, 6.07) is 15.9. The molecule has 158 valence electrons. The Labute approximate surface area is 181 Å². The molecular weight excluding hydrogens is 412 g/mol. The predicted molar refractivity (Wildman–Crippen MR) is 120 cm³/mol. The lowest BCUT2D eigenvalue weighted by Gasteiger charge is -2.13. The molecule has 2 aromatic heterocycles. The van der Waals surface area contributed by atoms with Crippen LogP contribution in [0.4, 0.5) is 17.2 Å². The van der Waals surface area contributed by atoms with Crippen LogP contribution < -0.4 is 10.0 Å². The van der Waals surface area contributed by atoms with Gasteiger partial charge >= 0.3 is 0 Å². The van der Waals surface area contributed by atoms with Gasteiger partial charge < -0.3 is 5.32 Å². The highest BCUT2D eigenvalue weighted by molar-refractivity contribution is 7.92. The molecule has 4 rings (SSSR count). The van der Waals surface area contributed by atoms with Crippen molar-refractivity contribution in [3.63, 3.8) is 0 Å². The van der Waals surface area contributed by atoms with Crippen LogP contribution >= 0.6 is 0 Å². The van der Waals surface area contributed by atoms with Crippen LogP contribution in [0.2, 0.25) is 0 Å². The number of hydrogen-bond donors (Lipinski definition) is 2. The summed E-state index contributed by atoms with van der Waals surface area (Å²) >= 11 is 0. The first kappa shape index (κ1) is 20.5. The average molecular weight is 435 g/mol. The van der Waals surface area contributed by atoms with Crippen LogP contribution in [0.5, 0.6) is 0 Å². The first-order valence-corrected chi connectivity index (χ1v) is 11.1. The molecule has 0 aliphatic carbocycles. The normalized spacial score (nSPS) is 11.3. The van der Waals surface area contributed by atoms with E-state index in [2.05, 4.69) is 25.3 Å². The van der Waals surface area contributed by atoms with E-state index in [4.69, 9.17) is 0 Å². The maximum absolute atomic E-state index is 12.8. The lowest BCUT2D eigenvalue weighted by molar-refractivity contribution is 0.600. The van der Waals surface area contributed by atoms with Crippen LogP contribution in [0.25, 0.3) is 5.82 Å². The van der Waals surface area contributed by atoms with Crippen molar-refractivity contribution >= 4 is 27.2 Å². The van der Waals surface area contributed by atoms with Crippen LogP contribution in [-0.4, -0.2) is 28.4 Å². The number of hydrogen-bond acceptors (Lipinski definition) is 6. The highest BCUT2D eigenvalue weighted by Crippen LogP contribution is 2.24. The van der Waals surface area contributed by atoms with Crippen LogP contribution in [0.15, 0.2) is 71.9 Å². The van der Waals surface area contributed by atoms with Crippen LogP contribution in [-0.2, 0) is 10.0 Å². The molecule has 0 radical (unpaired) electrons. The maximum Gasteiger partial charge on any atom is 0.262 e. The second-order valence-electron chi connectivity index (χ2n) is 7.24. The largest absolute Gasteiger partial charge is 0.339 e. The third kappa shape index (κ3) is 4.56. The summed E-state index contributed by atoms with van der Waals surface area (Å²) in [4.78, 5) is 0.283. The van der Waals surface area contributed by atoms with Crippen molar-refractivity contribution in [1.29, 1.82) is 0 Å². The van der Waals surface area contributed by atoms with Gasteiger partial charge in [0.25, 0.3) is 10.0 Å². The van der Waals surface area contributed by atoms with Crippen molar-refractivity contribution in [2.45, 2.75) is 25.7 Å². The molecule has 2 heterocycles. The number of aromatic nitrogens is 4. The molecule has 2 aromatic carbocycles. The minimum Gasteiger partial charge on any atom is -0.339 e. The molecule has 0 saturated heterocycles. The van der Waals surface area contributed by atoms with Gasteiger partial charge in [0.1, 0.15) is 0 Å². The molecule has 0 unspecified atom stereocenters. The molecule has 4 aromatic rings. The van der Waals surface area contributed by atoms with E-state index >= 15 is 0 Å². The number of nitrogens with zero attached hydrogens (tertiary/aromatic N) is 4. The van der Waals surface area contributed by atoms with E-state index in [0.29, 0.717) is 22.9 Å². The number of anilines is 3. The Kier molecular flexibility index (Phi) is 5.43. The average Bonchev–Trinajstić information content (AvgIpc) is 3.27. The fourth-order valence-corrected chi connectivity index (χ4v) is 4.49. The number of aryl methyl sites for hydroxylation is 3. The molecule has 0 fully saturated rings. The minimum atomic E-state index is -3.68. The van der Waals surface area contributed by atoms with E-state index in [0.717, 1.165) is 16.8 Å². The summed E-state index contributed by atoms with van der Waals surface area (Å²) in [6.07, 6.45) is 3.46. The van der Waals surface area contributed by atoms with Gasteiger partial charge in [-0.25, -0.2) is 13.1 Å². The van der Waals surface area contributed by atoms with E-state index in [1.807, 2.05) is 26.0 Å². The SMILES string of the molecule is Cc1cc(C)c(S(=O)(=O)Nc2ccc(Nc3ccc(-n4cccn4)nn3)cc2)cc1C. The molecule has 31 heavy (non-hydrogen) atoms. The van der Waals surface area contributed by atoms with Crippen molar-refractivity contribution in [1.82, 2.24) is 20.0 Å². The highest BCUT2D eigenvalue weighted by Gasteiger charge is 2.18. The highest BCUT2D eigenvalue weighted by atomic mass is 32.2. The third-order valence-corrected chi connectivity index (χ3v) is 6.40. The summed E-state index contributed by atoms with van der Waals surface area (Å²) in [5.74, 6) is 1.18. The molecule has 0 aliphatic heterocycles. The van der Waals surface area contributed by atoms with Gasteiger partial charge in [0.05, 0.1) is 4.90 Å². The molecule has 0 saturated carbocycles. The molecule has 8 nitrogen and oxygen atoms in total. The molecule has 0 amide bonds. The molecule has 2 N–H and O–H groups in total. The van der Waals surface area contributed by atoms with Crippen molar-refractivity contribution in [2.24, 2.45) is 0 Å². The van der Waals surface area contributed by atoms with Crippen LogP contribution in [0.1, 0.15) is 16.7 Å². The second kappa shape index (κ2) is 8.19. The summed E-state index contributed by atoms with van der Waals surface area (Å²) in [5.41, 5.74) is 3.94. The predicted octanol–water partition coefficient (Wildman–Crippen LogP) is 4.13. The zero-order valence-corrected chi connectivity index (χ0v) is 18.2. The Hall–Kier alpha value is -3.72. The van der Waals surface area contributed by atoms with Gasteiger partial charge in [-0.1, -0.05) is 6.07 Å². The van der Waals surface area contributed by atoms with E-state index in [1.165, 1.54) is 0 Å². The van der Waals surface area contributed by atoms with Gasteiger partial charge in [-0.05, 0) is 86.0 Å². The molecular formula is C22H22N6O2S. The Morgan fingerprint density at radius 3 is 2.19 bits per heavy atom. The third-order valence-electron chi connectivity index (χ3n) is 4.88. The van der Waals surface area contributed by atoms with E-state index in [9.17, 15) is 8.42 Å². The lowest BCUT2D eigenvalue weighted by atomic mass is 10.1. The van der Waals surface area contributed by atoms with Gasteiger partial charge in [0, 0.05) is 23.8 Å². The Bertz CT molecular complexity index is 1300. The topological polar surface area (TPSA) is 102 Å². The summed E-state index contributed by atoms with van der Waals surface area (Å²) < 4.78 is 29.9. The fraction of sp³-hybridized carbons (Fsp3) is 0.136. The smallest absolute Gasteiger partial charge is 0.262 e. The van der Waals surface area contributed by atoms with Crippen molar-refractivity contribution < 1.29 is 8.42 Å².